The first kappa shape index (κ1) is 14.5. The van der Waals surface area contributed by atoms with Crippen LogP contribution >= 0.6 is 23.1 Å². The normalized spacial score (nSPS) is 23.6. The number of thiophene rings is 1. The molecule has 1 amide bonds. The number of rotatable bonds is 4. The molecule has 2 nitrogen and oxygen atoms in total. The molecule has 3 rings (SSSR count). The van der Waals surface area contributed by atoms with Crippen molar-refractivity contribution in [1.82, 2.24) is 4.90 Å². The molecule has 0 bridgehead atoms. The topological polar surface area (TPSA) is 20.3 Å². The monoisotopic (exact) mass is 309 g/mol. The molecular weight excluding hydrogens is 286 g/mol. The van der Waals surface area contributed by atoms with Crippen molar-refractivity contribution >= 4 is 29.0 Å². The van der Waals surface area contributed by atoms with Crippen molar-refractivity contribution in [2.45, 2.75) is 50.8 Å². The molecule has 0 spiro atoms. The third kappa shape index (κ3) is 3.22. The van der Waals surface area contributed by atoms with Crippen LogP contribution in [0.3, 0.4) is 0 Å². The van der Waals surface area contributed by atoms with Gasteiger partial charge in [0.2, 0.25) is 5.91 Å². The fourth-order valence-electron chi connectivity index (χ4n) is 3.32. The van der Waals surface area contributed by atoms with Crippen molar-refractivity contribution in [3.8, 4) is 0 Å². The van der Waals surface area contributed by atoms with E-state index in [-0.39, 0.29) is 5.37 Å². The van der Waals surface area contributed by atoms with Crippen LogP contribution < -0.4 is 0 Å². The number of carbonyl (C=O) groups excluding carboxylic acids is 1. The van der Waals surface area contributed by atoms with E-state index in [1.165, 1.54) is 35.4 Å². The Morgan fingerprint density at radius 3 is 2.85 bits per heavy atom. The Labute approximate surface area is 129 Å². The van der Waals surface area contributed by atoms with E-state index in [9.17, 15) is 4.79 Å². The molecule has 1 aromatic heterocycles. The average molecular weight is 310 g/mol. The van der Waals surface area contributed by atoms with E-state index in [2.05, 4.69) is 24.0 Å². The van der Waals surface area contributed by atoms with Gasteiger partial charge in [0, 0.05) is 28.5 Å². The minimum absolute atomic E-state index is 0.282. The summed E-state index contributed by atoms with van der Waals surface area (Å²) < 4.78 is 0. The van der Waals surface area contributed by atoms with Crippen LogP contribution in [0.5, 0.6) is 0 Å². The van der Waals surface area contributed by atoms with E-state index in [4.69, 9.17) is 0 Å². The second kappa shape index (κ2) is 6.52. The Bertz CT molecular complexity index is 465. The van der Waals surface area contributed by atoms with Crippen molar-refractivity contribution in [3.63, 3.8) is 0 Å². The van der Waals surface area contributed by atoms with Gasteiger partial charge >= 0.3 is 0 Å². The Morgan fingerprint density at radius 2 is 2.15 bits per heavy atom. The lowest BCUT2D eigenvalue weighted by molar-refractivity contribution is -0.131. The molecule has 110 valence electrons. The zero-order valence-electron chi connectivity index (χ0n) is 12.1. The fraction of sp³-hybridized carbons (Fsp3) is 0.688. The fourth-order valence-corrected chi connectivity index (χ4v) is 5.71. The molecule has 0 aromatic carbocycles. The van der Waals surface area contributed by atoms with E-state index in [0.717, 1.165) is 31.1 Å². The first-order chi connectivity index (χ1) is 9.74. The van der Waals surface area contributed by atoms with Crippen LogP contribution in [0.25, 0.3) is 0 Å². The molecule has 0 radical (unpaired) electrons. The summed E-state index contributed by atoms with van der Waals surface area (Å²) in [5.74, 6) is 2.27. The Morgan fingerprint density at radius 1 is 1.35 bits per heavy atom. The summed E-state index contributed by atoms with van der Waals surface area (Å²) in [7, 11) is 0. The van der Waals surface area contributed by atoms with Crippen LogP contribution in [0.2, 0.25) is 0 Å². The van der Waals surface area contributed by atoms with Crippen molar-refractivity contribution in [1.29, 1.82) is 0 Å². The molecule has 1 saturated carbocycles. The second-order valence-corrected chi connectivity index (χ2v) is 8.46. The average Bonchev–Trinajstić information content (AvgIpc) is 3.16. The van der Waals surface area contributed by atoms with Gasteiger partial charge in [-0.2, -0.15) is 0 Å². The lowest BCUT2D eigenvalue weighted by atomic mass is 10.0. The Balaban J connectivity index is 1.58. The highest BCUT2D eigenvalue weighted by Gasteiger charge is 2.31. The van der Waals surface area contributed by atoms with Gasteiger partial charge in [-0.05, 0) is 31.4 Å². The van der Waals surface area contributed by atoms with Gasteiger partial charge in [0.25, 0.3) is 0 Å². The van der Waals surface area contributed by atoms with E-state index in [0.29, 0.717) is 5.91 Å². The maximum Gasteiger partial charge on any atom is 0.223 e. The summed E-state index contributed by atoms with van der Waals surface area (Å²) in [4.78, 5) is 17.3. The van der Waals surface area contributed by atoms with Crippen LogP contribution in [-0.2, 0) is 4.79 Å². The van der Waals surface area contributed by atoms with Crippen LogP contribution in [0.15, 0.2) is 12.1 Å². The zero-order chi connectivity index (χ0) is 13.9. The number of thioether (sulfide) groups is 1. The largest absolute Gasteiger partial charge is 0.325 e. The van der Waals surface area contributed by atoms with Gasteiger partial charge in [0.1, 0.15) is 5.37 Å². The standard InChI is InChI=1S/C16H23NOS2/c1-12-6-8-14(20-12)16-17(10-11-19-16)15(18)9-7-13-4-2-3-5-13/h6,8,13,16H,2-5,7,9-11H2,1H3/t16-/m1/s1. The van der Waals surface area contributed by atoms with Gasteiger partial charge in [-0.15, -0.1) is 23.1 Å². The number of hydrogen-bond acceptors (Lipinski definition) is 3. The van der Waals surface area contributed by atoms with E-state index in [1.54, 1.807) is 0 Å². The number of nitrogens with zero attached hydrogens (tertiary/aromatic N) is 1. The molecule has 4 heteroatoms. The van der Waals surface area contributed by atoms with Crippen molar-refractivity contribution in [2.24, 2.45) is 5.92 Å². The quantitative estimate of drug-likeness (QED) is 0.810. The number of hydrogen-bond donors (Lipinski definition) is 0. The SMILES string of the molecule is Cc1ccc([C@H]2SCCN2C(=O)CCC2CCCC2)s1. The van der Waals surface area contributed by atoms with Gasteiger partial charge in [-0.25, -0.2) is 0 Å². The summed E-state index contributed by atoms with van der Waals surface area (Å²) in [6.45, 7) is 3.07. The molecule has 1 atom stereocenters. The predicted octanol–water partition coefficient (Wildman–Crippen LogP) is 4.60. The van der Waals surface area contributed by atoms with Gasteiger partial charge in [0.15, 0.2) is 0 Å². The summed E-state index contributed by atoms with van der Waals surface area (Å²) in [5, 5.41) is 0.282. The molecule has 2 fully saturated rings. The number of carbonyl (C=O) groups is 1. The van der Waals surface area contributed by atoms with Crippen LogP contribution in [0.1, 0.15) is 53.7 Å². The first-order valence-electron chi connectivity index (χ1n) is 7.71. The van der Waals surface area contributed by atoms with Gasteiger partial charge in [-0.1, -0.05) is 25.7 Å². The van der Waals surface area contributed by atoms with E-state index < -0.39 is 0 Å². The maximum atomic E-state index is 12.5. The van der Waals surface area contributed by atoms with Crippen molar-refractivity contribution in [2.75, 3.05) is 12.3 Å². The lowest BCUT2D eigenvalue weighted by Gasteiger charge is -2.23. The minimum atomic E-state index is 0.282. The van der Waals surface area contributed by atoms with Crippen LogP contribution in [0, 0.1) is 12.8 Å². The third-order valence-electron chi connectivity index (χ3n) is 4.46. The smallest absolute Gasteiger partial charge is 0.223 e. The van der Waals surface area contributed by atoms with Crippen molar-refractivity contribution in [3.05, 3.63) is 21.9 Å². The summed E-state index contributed by atoms with van der Waals surface area (Å²) in [5.41, 5.74) is 0. The van der Waals surface area contributed by atoms with E-state index in [1.807, 2.05) is 23.1 Å². The molecule has 2 heterocycles. The number of amides is 1. The van der Waals surface area contributed by atoms with Crippen molar-refractivity contribution < 1.29 is 4.79 Å². The maximum absolute atomic E-state index is 12.5. The molecule has 0 N–H and O–H groups in total. The molecule has 1 aliphatic heterocycles. The zero-order valence-corrected chi connectivity index (χ0v) is 13.8. The molecule has 1 aliphatic carbocycles. The molecule has 2 aliphatic rings. The Hall–Kier alpha value is -0.480. The number of aryl methyl sites for hydroxylation is 1. The van der Waals surface area contributed by atoms with Gasteiger partial charge < -0.3 is 4.90 Å². The highest BCUT2D eigenvalue weighted by atomic mass is 32.2. The van der Waals surface area contributed by atoms with Crippen LogP contribution in [-0.4, -0.2) is 23.1 Å². The van der Waals surface area contributed by atoms with Crippen LogP contribution in [0.4, 0.5) is 0 Å². The molecule has 0 unspecified atom stereocenters. The second-order valence-electron chi connectivity index (χ2n) is 5.95. The molecule has 1 aromatic rings. The highest BCUT2D eigenvalue weighted by molar-refractivity contribution is 7.99. The first-order valence-corrected chi connectivity index (χ1v) is 9.58. The predicted molar refractivity (Wildman–Crippen MR) is 87.2 cm³/mol. The Kier molecular flexibility index (Phi) is 4.72. The highest BCUT2D eigenvalue weighted by Crippen LogP contribution is 2.41. The lowest BCUT2D eigenvalue weighted by Crippen LogP contribution is -2.30. The van der Waals surface area contributed by atoms with Gasteiger partial charge in [0.05, 0.1) is 0 Å². The molecular formula is C16H23NOS2. The minimum Gasteiger partial charge on any atom is -0.325 e. The summed E-state index contributed by atoms with van der Waals surface area (Å²) >= 11 is 3.75. The summed E-state index contributed by atoms with van der Waals surface area (Å²) in [6.07, 6.45) is 7.29. The third-order valence-corrected chi connectivity index (χ3v) is 6.90. The summed E-state index contributed by atoms with van der Waals surface area (Å²) in [6, 6.07) is 4.36. The van der Waals surface area contributed by atoms with Gasteiger partial charge in [-0.3, -0.25) is 4.79 Å². The molecule has 20 heavy (non-hydrogen) atoms. The van der Waals surface area contributed by atoms with E-state index >= 15 is 0 Å². The molecule has 1 saturated heterocycles.